The monoisotopic (exact) mass is 1060 g/mol. The standard InChI is InChI=1S/C52H91N3O15P2/c1-3-5-7-9-11-13-15-17-19-20-21-22-24-26-28-30-32-34-36-38-48(57)68-44(41-65-47(56)37-35-33-31-29-27-25-23-18-16-14-12-10-8-6-4-2)42-66-71(61,62)70-72(63,64)67-43-45-49(58)50(59)51(69-45)55-40-39-46(53)54-52(55)60/h11,13,17,19,21-22,39-40,44-45,49-51,58-59H,3-10,12,14-16,18,20,23-38,41-43H2,1-2H3,(H,61,62)(H,63,64)(H2,53,54,60)/t44-,45-,49+,50?,51-/m1/s1. The van der Waals surface area contributed by atoms with Gasteiger partial charge in [0.1, 0.15) is 30.7 Å². The van der Waals surface area contributed by atoms with Crippen LogP contribution in [0.5, 0.6) is 0 Å². The summed E-state index contributed by atoms with van der Waals surface area (Å²) in [6.45, 7) is 2.14. The van der Waals surface area contributed by atoms with Gasteiger partial charge in [0.2, 0.25) is 0 Å². The van der Waals surface area contributed by atoms with Crippen molar-refractivity contribution in [3.63, 3.8) is 0 Å². The lowest BCUT2D eigenvalue weighted by molar-refractivity contribution is -0.161. The minimum Gasteiger partial charge on any atom is -0.462 e. The Morgan fingerprint density at radius 1 is 0.667 bits per heavy atom. The fourth-order valence-corrected chi connectivity index (χ4v) is 10.1. The number of allylic oxidation sites excluding steroid dienone is 6. The molecule has 414 valence electrons. The molecule has 72 heavy (non-hydrogen) atoms. The largest absolute Gasteiger partial charge is 0.481 e. The van der Waals surface area contributed by atoms with E-state index in [9.17, 15) is 43.5 Å². The number of unbranched alkanes of at least 4 members (excludes halogenated alkanes) is 23. The van der Waals surface area contributed by atoms with Crippen LogP contribution in [-0.4, -0.2) is 85.7 Å². The summed E-state index contributed by atoms with van der Waals surface area (Å²) in [5.74, 6) is -1.30. The zero-order chi connectivity index (χ0) is 52.7. The van der Waals surface area contributed by atoms with Crippen LogP contribution in [0.25, 0.3) is 0 Å². The second kappa shape index (κ2) is 40.3. The third kappa shape index (κ3) is 32.3. The number of anilines is 1. The van der Waals surface area contributed by atoms with Crippen molar-refractivity contribution in [2.45, 2.75) is 237 Å². The van der Waals surface area contributed by atoms with E-state index in [-0.39, 0.29) is 18.7 Å². The van der Waals surface area contributed by atoms with Gasteiger partial charge in [0.15, 0.2) is 12.3 Å². The quantitative estimate of drug-likeness (QED) is 0.0176. The average Bonchev–Trinajstić information content (AvgIpc) is 3.62. The highest BCUT2D eigenvalue weighted by Gasteiger charge is 2.46. The smallest absolute Gasteiger partial charge is 0.462 e. The van der Waals surface area contributed by atoms with Crippen LogP contribution in [0.1, 0.15) is 213 Å². The summed E-state index contributed by atoms with van der Waals surface area (Å²) in [5, 5.41) is 20.9. The second-order valence-electron chi connectivity index (χ2n) is 18.7. The van der Waals surface area contributed by atoms with Crippen LogP contribution in [0.3, 0.4) is 0 Å². The second-order valence-corrected chi connectivity index (χ2v) is 21.8. The summed E-state index contributed by atoms with van der Waals surface area (Å²) in [5.41, 5.74) is 4.59. The number of hydrogen-bond acceptors (Lipinski definition) is 15. The van der Waals surface area contributed by atoms with Crippen molar-refractivity contribution >= 4 is 33.4 Å². The SMILES string of the molecule is CCCCCC=CCC=CCC=CCCCCCCCCC(=O)O[C@H](COC(=O)CCCCCCCCCCCCCCCCC)COP(=O)(O)OP(=O)(O)OC[C@H]1O[C@@H](n2ccc(N)nc2=O)C(O)[C@H]1O. The maximum absolute atomic E-state index is 12.9. The van der Waals surface area contributed by atoms with Gasteiger partial charge < -0.3 is 39.9 Å². The van der Waals surface area contributed by atoms with E-state index in [2.05, 4.69) is 59.6 Å². The van der Waals surface area contributed by atoms with Gasteiger partial charge in [0.05, 0.1) is 13.2 Å². The van der Waals surface area contributed by atoms with Crippen molar-refractivity contribution in [3.05, 3.63) is 59.2 Å². The molecule has 1 aromatic rings. The van der Waals surface area contributed by atoms with Crippen molar-refractivity contribution in [1.82, 2.24) is 9.55 Å². The molecule has 1 aliphatic heterocycles. The summed E-state index contributed by atoms with van der Waals surface area (Å²) in [6, 6.07) is 1.25. The molecule has 2 rings (SSSR count). The zero-order valence-electron chi connectivity index (χ0n) is 43.5. The number of hydrogen-bond donors (Lipinski definition) is 5. The number of nitrogens with two attached hydrogens (primary N) is 1. The van der Waals surface area contributed by atoms with E-state index < -0.39 is 83.7 Å². The van der Waals surface area contributed by atoms with Gasteiger partial charge in [-0.2, -0.15) is 9.29 Å². The lowest BCUT2D eigenvalue weighted by Gasteiger charge is -2.21. The first-order valence-corrected chi connectivity index (χ1v) is 30.0. The first-order chi connectivity index (χ1) is 34.7. The molecule has 1 aromatic heterocycles. The van der Waals surface area contributed by atoms with Gasteiger partial charge in [-0.25, -0.2) is 13.9 Å². The Labute approximate surface area is 429 Å². The fourth-order valence-electron chi connectivity index (χ4n) is 8.03. The highest BCUT2D eigenvalue weighted by molar-refractivity contribution is 7.61. The Morgan fingerprint density at radius 3 is 1.67 bits per heavy atom. The predicted molar refractivity (Wildman–Crippen MR) is 280 cm³/mol. The van der Waals surface area contributed by atoms with Crippen LogP contribution in [-0.2, 0) is 46.3 Å². The fraction of sp³-hybridized carbons (Fsp3) is 0.769. The highest BCUT2D eigenvalue weighted by atomic mass is 31.3. The van der Waals surface area contributed by atoms with E-state index in [0.717, 1.165) is 88.0 Å². The minimum absolute atomic E-state index is 0.0373. The number of phosphoric acid groups is 2. The number of nitrogen functional groups attached to an aromatic ring is 1. The molecule has 1 aliphatic rings. The first kappa shape index (κ1) is 65.1. The van der Waals surface area contributed by atoms with Gasteiger partial charge in [0, 0.05) is 19.0 Å². The zero-order valence-corrected chi connectivity index (χ0v) is 45.3. The Kier molecular flexibility index (Phi) is 36.4. The Bertz CT molecular complexity index is 1850. The summed E-state index contributed by atoms with van der Waals surface area (Å²) < 4.78 is 56.9. The molecular formula is C52H91N3O15P2. The van der Waals surface area contributed by atoms with Crippen molar-refractivity contribution in [2.75, 3.05) is 25.6 Å². The third-order valence-corrected chi connectivity index (χ3v) is 14.8. The summed E-state index contributed by atoms with van der Waals surface area (Å²) in [7, 11) is -10.8. The molecule has 0 radical (unpaired) electrons. The Hall–Kier alpha value is -3.02. The molecule has 7 atom stereocenters. The lowest BCUT2D eigenvalue weighted by Crippen LogP contribution is -2.36. The molecule has 2 heterocycles. The first-order valence-electron chi connectivity index (χ1n) is 27.0. The van der Waals surface area contributed by atoms with Crippen LogP contribution in [0, 0.1) is 0 Å². The number of esters is 2. The maximum Gasteiger partial charge on any atom is 0.481 e. The molecule has 6 N–H and O–H groups in total. The number of aromatic nitrogens is 2. The summed E-state index contributed by atoms with van der Waals surface area (Å²) in [4.78, 5) is 62.0. The van der Waals surface area contributed by atoms with Gasteiger partial charge in [-0.1, -0.05) is 179 Å². The van der Waals surface area contributed by atoms with E-state index in [4.69, 9.17) is 29.0 Å². The molecule has 0 amide bonds. The van der Waals surface area contributed by atoms with Crippen molar-refractivity contribution in [2.24, 2.45) is 0 Å². The molecule has 0 aromatic carbocycles. The Morgan fingerprint density at radius 2 is 1.12 bits per heavy atom. The number of carbonyl (C=O) groups is 2. The molecule has 0 saturated carbocycles. The number of carbonyl (C=O) groups excluding carboxylic acids is 2. The molecule has 1 fully saturated rings. The lowest BCUT2D eigenvalue weighted by atomic mass is 10.0. The average molecular weight is 1060 g/mol. The van der Waals surface area contributed by atoms with Crippen LogP contribution in [0.4, 0.5) is 5.82 Å². The number of ether oxygens (including phenoxy) is 3. The number of nitrogens with zero attached hydrogens (tertiary/aromatic N) is 2. The van der Waals surface area contributed by atoms with Crippen molar-refractivity contribution < 1.29 is 66.3 Å². The minimum atomic E-state index is -5.43. The molecule has 3 unspecified atom stereocenters. The third-order valence-electron chi connectivity index (χ3n) is 12.2. The van der Waals surface area contributed by atoms with E-state index in [1.54, 1.807) is 0 Å². The molecule has 18 nitrogen and oxygen atoms in total. The number of rotatable bonds is 45. The van der Waals surface area contributed by atoms with Gasteiger partial charge in [0.25, 0.3) is 0 Å². The van der Waals surface area contributed by atoms with Gasteiger partial charge in [-0.3, -0.25) is 23.2 Å². The summed E-state index contributed by atoms with van der Waals surface area (Å²) in [6.07, 6.45) is 37.8. The number of phosphoric ester groups is 2. The van der Waals surface area contributed by atoms with Gasteiger partial charge in [-0.05, 0) is 57.4 Å². The molecular weight excluding hydrogens is 969 g/mol. The van der Waals surface area contributed by atoms with Crippen LogP contribution >= 0.6 is 15.6 Å². The van der Waals surface area contributed by atoms with E-state index in [1.165, 1.54) is 95.7 Å². The topological polar surface area (TPSA) is 265 Å². The molecule has 20 heteroatoms. The van der Waals surface area contributed by atoms with Gasteiger partial charge >= 0.3 is 33.3 Å². The number of aliphatic hydroxyl groups excluding tert-OH is 2. The molecule has 0 spiro atoms. The van der Waals surface area contributed by atoms with E-state index in [0.29, 0.717) is 12.8 Å². The highest BCUT2D eigenvalue weighted by Crippen LogP contribution is 2.60. The molecule has 0 bridgehead atoms. The Balaban J connectivity index is 1.78. The van der Waals surface area contributed by atoms with Crippen molar-refractivity contribution in [1.29, 1.82) is 0 Å². The van der Waals surface area contributed by atoms with Gasteiger partial charge in [-0.15, -0.1) is 0 Å². The predicted octanol–water partition coefficient (Wildman–Crippen LogP) is 11.6. The molecule has 1 saturated heterocycles. The van der Waals surface area contributed by atoms with E-state index in [1.807, 2.05) is 0 Å². The van der Waals surface area contributed by atoms with Crippen LogP contribution in [0.2, 0.25) is 0 Å². The molecule has 0 aliphatic carbocycles. The van der Waals surface area contributed by atoms with E-state index >= 15 is 0 Å². The summed E-state index contributed by atoms with van der Waals surface area (Å²) >= 11 is 0. The van der Waals surface area contributed by atoms with Crippen LogP contribution in [0.15, 0.2) is 53.5 Å². The number of aliphatic hydroxyl groups is 2. The maximum atomic E-state index is 12.9. The normalized spacial score (nSPS) is 19.3. The van der Waals surface area contributed by atoms with Crippen molar-refractivity contribution in [3.8, 4) is 0 Å². The van der Waals surface area contributed by atoms with Crippen LogP contribution < -0.4 is 11.4 Å².